The van der Waals surface area contributed by atoms with Gasteiger partial charge in [-0.2, -0.15) is 0 Å². The minimum atomic E-state index is 0.663. The van der Waals surface area contributed by atoms with Crippen molar-refractivity contribution in [3.8, 4) is 0 Å². The molecule has 118 valence electrons. The summed E-state index contributed by atoms with van der Waals surface area (Å²) in [6, 6.07) is 9.01. The molecule has 0 aromatic heterocycles. The second kappa shape index (κ2) is 8.19. The molecule has 0 aliphatic heterocycles. The Hall–Kier alpha value is -0.530. The van der Waals surface area contributed by atoms with Crippen molar-refractivity contribution in [1.82, 2.24) is 5.32 Å². The summed E-state index contributed by atoms with van der Waals surface area (Å²) in [5.41, 5.74) is 1.32. The molecule has 1 aromatic rings. The highest BCUT2D eigenvalue weighted by Gasteiger charge is 2.31. The van der Waals surface area contributed by atoms with Gasteiger partial charge in [-0.05, 0) is 68.0 Å². The number of benzene rings is 1. The van der Waals surface area contributed by atoms with Crippen LogP contribution >= 0.6 is 11.6 Å². The van der Waals surface area contributed by atoms with E-state index in [1.807, 2.05) is 12.1 Å². The first-order chi connectivity index (χ1) is 10.1. The molecular formula is C19H30ClN. The Labute approximate surface area is 135 Å². The standard InChI is InChI=1S/C19H30ClN/c1-4-11-21-19-10-9-15(14(2)3)12-17(19)13-16-7-5-6-8-18(16)20/h5-8,14-15,17,19,21H,4,9-13H2,1-3H3. The Balaban J connectivity index is 2.07. The Morgan fingerprint density at radius 3 is 2.67 bits per heavy atom. The molecule has 2 rings (SSSR count). The van der Waals surface area contributed by atoms with Crippen LogP contribution in [0.5, 0.6) is 0 Å². The van der Waals surface area contributed by atoms with Crippen molar-refractivity contribution in [3.05, 3.63) is 34.9 Å². The van der Waals surface area contributed by atoms with Crippen LogP contribution in [0.1, 0.15) is 52.0 Å². The van der Waals surface area contributed by atoms with Crippen LogP contribution in [0.15, 0.2) is 24.3 Å². The number of hydrogen-bond donors (Lipinski definition) is 1. The maximum Gasteiger partial charge on any atom is 0.0438 e. The number of nitrogens with one attached hydrogen (secondary N) is 1. The van der Waals surface area contributed by atoms with Crippen LogP contribution in [0.3, 0.4) is 0 Å². The Bertz CT molecular complexity index is 429. The third-order valence-corrected chi connectivity index (χ3v) is 5.43. The number of hydrogen-bond acceptors (Lipinski definition) is 1. The Kier molecular flexibility index (Phi) is 6.57. The van der Waals surface area contributed by atoms with Crippen LogP contribution in [-0.4, -0.2) is 12.6 Å². The second-order valence-corrected chi connectivity index (χ2v) is 7.34. The predicted molar refractivity (Wildman–Crippen MR) is 92.9 cm³/mol. The minimum Gasteiger partial charge on any atom is -0.314 e. The van der Waals surface area contributed by atoms with E-state index in [0.29, 0.717) is 6.04 Å². The third-order valence-electron chi connectivity index (χ3n) is 5.06. The summed E-state index contributed by atoms with van der Waals surface area (Å²) in [4.78, 5) is 0. The average molecular weight is 308 g/mol. The van der Waals surface area contributed by atoms with E-state index in [0.717, 1.165) is 35.7 Å². The number of halogens is 1. The molecule has 1 saturated carbocycles. The zero-order valence-electron chi connectivity index (χ0n) is 13.7. The lowest BCUT2D eigenvalue weighted by molar-refractivity contribution is 0.167. The van der Waals surface area contributed by atoms with E-state index in [9.17, 15) is 0 Å². The summed E-state index contributed by atoms with van der Waals surface area (Å²) in [6.45, 7) is 8.12. The van der Waals surface area contributed by atoms with Gasteiger partial charge in [0.1, 0.15) is 0 Å². The lowest BCUT2D eigenvalue weighted by Gasteiger charge is -2.38. The summed E-state index contributed by atoms with van der Waals surface area (Å²) < 4.78 is 0. The van der Waals surface area contributed by atoms with Gasteiger partial charge in [-0.25, -0.2) is 0 Å². The van der Waals surface area contributed by atoms with Crippen molar-refractivity contribution in [1.29, 1.82) is 0 Å². The Morgan fingerprint density at radius 1 is 1.24 bits per heavy atom. The highest BCUT2D eigenvalue weighted by atomic mass is 35.5. The van der Waals surface area contributed by atoms with Crippen molar-refractivity contribution in [2.75, 3.05) is 6.54 Å². The summed E-state index contributed by atoms with van der Waals surface area (Å²) in [7, 11) is 0. The zero-order valence-corrected chi connectivity index (χ0v) is 14.5. The van der Waals surface area contributed by atoms with Gasteiger partial charge in [-0.1, -0.05) is 50.6 Å². The fourth-order valence-electron chi connectivity index (χ4n) is 3.68. The van der Waals surface area contributed by atoms with Gasteiger partial charge in [0.2, 0.25) is 0 Å². The largest absolute Gasteiger partial charge is 0.314 e. The van der Waals surface area contributed by atoms with Crippen molar-refractivity contribution >= 4 is 11.6 Å². The maximum absolute atomic E-state index is 6.37. The zero-order chi connectivity index (χ0) is 15.2. The van der Waals surface area contributed by atoms with E-state index in [1.54, 1.807) is 0 Å². The van der Waals surface area contributed by atoms with E-state index in [2.05, 4.69) is 38.2 Å². The molecule has 1 fully saturated rings. The van der Waals surface area contributed by atoms with Crippen LogP contribution in [0.25, 0.3) is 0 Å². The highest BCUT2D eigenvalue weighted by molar-refractivity contribution is 6.31. The third kappa shape index (κ3) is 4.72. The van der Waals surface area contributed by atoms with Crippen LogP contribution < -0.4 is 5.32 Å². The van der Waals surface area contributed by atoms with Crippen LogP contribution in [0.4, 0.5) is 0 Å². The van der Waals surface area contributed by atoms with Crippen molar-refractivity contribution in [3.63, 3.8) is 0 Å². The normalized spacial score (nSPS) is 26.2. The monoisotopic (exact) mass is 307 g/mol. The lowest BCUT2D eigenvalue weighted by atomic mass is 9.71. The molecule has 1 aromatic carbocycles. The van der Waals surface area contributed by atoms with Crippen molar-refractivity contribution in [2.24, 2.45) is 17.8 Å². The highest BCUT2D eigenvalue weighted by Crippen LogP contribution is 2.36. The fourth-order valence-corrected chi connectivity index (χ4v) is 3.89. The molecule has 1 N–H and O–H groups in total. The first-order valence-corrected chi connectivity index (χ1v) is 8.96. The summed E-state index contributed by atoms with van der Waals surface area (Å²) in [5, 5.41) is 4.71. The van der Waals surface area contributed by atoms with Gasteiger partial charge in [0.05, 0.1) is 0 Å². The van der Waals surface area contributed by atoms with Gasteiger partial charge in [0, 0.05) is 11.1 Å². The average Bonchev–Trinajstić information content (AvgIpc) is 2.48. The van der Waals surface area contributed by atoms with E-state index >= 15 is 0 Å². The SMILES string of the molecule is CCCNC1CCC(C(C)C)CC1Cc1ccccc1Cl. The summed E-state index contributed by atoms with van der Waals surface area (Å²) >= 11 is 6.37. The molecule has 0 heterocycles. The molecular weight excluding hydrogens is 278 g/mol. The molecule has 2 heteroatoms. The molecule has 0 spiro atoms. The number of rotatable bonds is 6. The topological polar surface area (TPSA) is 12.0 Å². The first kappa shape index (κ1) is 16.8. The quantitative estimate of drug-likeness (QED) is 0.749. The first-order valence-electron chi connectivity index (χ1n) is 8.58. The van der Waals surface area contributed by atoms with E-state index in [-0.39, 0.29) is 0 Å². The van der Waals surface area contributed by atoms with E-state index < -0.39 is 0 Å². The van der Waals surface area contributed by atoms with Gasteiger partial charge in [-0.15, -0.1) is 0 Å². The van der Waals surface area contributed by atoms with E-state index in [1.165, 1.54) is 31.2 Å². The molecule has 1 nitrogen and oxygen atoms in total. The maximum atomic E-state index is 6.37. The molecule has 0 radical (unpaired) electrons. The second-order valence-electron chi connectivity index (χ2n) is 6.93. The summed E-state index contributed by atoms with van der Waals surface area (Å²) in [5.74, 6) is 2.39. The van der Waals surface area contributed by atoms with Crippen LogP contribution in [-0.2, 0) is 6.42 Å². The molecule has 0 amide bonds. The van der Waals surface area contributed by atoms with Crippen LogP contribution in [0.2, 0.25) is 5.02 Å². The molecule has 3 unspecified atom stereocenters. The molecule has 1 aliphatic carbocycles. The van der Waals surface area contributed by atoms with Crippen molar-refractivity contribution < 1.29 is 0 Å². The van der Waals surface area contributed by atoms with Gasteiger partial charge in [-0.3, -0.25) is 0 Å². The van der Waals surface area contributed by atoms with Gasteiger partial charge >= 0.3 is 0 Å². The molecule has 1 aliphatic rings. The molecule has 21 heavy (non-hydrogen) atoms. The molecule has 0 saturated heterocycles. The van der Waals surface area contributed by atoms with Gasteiger partial charge in [0.25, 0.3) is 0 Å². The van der Waals surface area contributed by atoms with Gasteiger partial charge < -0.3 is 5.32 Å². The van der Waals surface area contributed by atoms with Crippen molar-refractivity contribution in [2.45, 2.75) is 58.9 Å². The predicted octanol–water partition coefficient (Wildman–Crippen LogP) is 5.32. The van der Waals surface area contributed by atoms with E-state index in [4.69, 9.17) is 11.6 Å². The smallest absolute Gasteiger partial charge is 0.0438 e. The summed E-state index contributed by atoms with van der Waals surface area (Å²) in [6.07, 6.45) is 6.35. The Morgan fingerprint density at radius 2 is 2.00 bits per heavy atom. The van der Waals surface area contributed by atoms with Crippen LogP contribution in [0, 0.1) is 17.8 Å². The molecule has 3 atom stereocenters. The molecule has 0 bridgehead atoms. The lowest BCUT2D eigenvalue weighted by Crippen LogP contribution is -2.42. The van der Waals surface area contributed by atoms with Gasteiger partial charge in [0.15, 0.2) is 0 Å². The minimum absolute atomic E-state index is 0.663. The fraction of sp³-hybridized carbons (Fsp3) is 0.684.